The molecule has 1 amide bonds. The Labute approximate surface area is 157 Å². The summed E-state index contributed by atoms with van der Waals surface area (Å²) in [5, 5.41) is 0. The fourth-order valence-electron chi connectivity index (χ4n) is 3.94. The van der Waals surface area contributed by atoms with Gasteiger partial charge in [0.2, 0.25) is 15.9 Å². The molecule has 0 bridgehead atoms. The molecule has 1 saturated heterocycles. The van der Waals surface area contributed by atoms with E-state index in [0.717, 1.165) is 35.7 Å². The van der Waals surface area contributed by atoms with Gasteiger partial charge in [-0.25, -0.2) is 8.42 Å². The van der Waals surface area contributed by atoms with Crippen LogP contribution in [0.15, 0.2) is 21.5 Å². The van der Waals surface area contributed by atoms with Gasteiger partial charge < -0.3 is 4.90 Å². The molecule has 25 heavy (non-hydrogen) atoms. The Balaban J connectivity index is 1.78. The monoisotopic (exact) mass is 426 g/mol. The fraction of sp³-hybridized carbons (Fsp3) is 0.611. The lowest BCUT2D eigenvalue weighted by atomic mass is 10.0. The molecule has 0 N–H and O–H groups in total. The van der Waals surface area contributed by atoms with Crippen LogP contribution in [-0.4, -0.2) is 38.3 Å². The van der Waals surface area contributed by atoms with Crippen molar-refractivity contribution in [3.63, 3.8) is 0 Å². The molecule has 0 aromatic heterocycles. The summed E-state index contributed by atoms with van der Waals surface area (Å²) in [6.45, 7) is 3.79. The summed E-state index contributed by atoms with van der Waals surface area (Å²) in [6, 6.07) is 3.62. The molecule has 1 atom stereocenters. The third-order valence-corrected chi connectivity index (χ3v) is 7.76. The van der Waals surface area contributed by atoms with Gasteiger partial charge in [-0.05, 0) is 55.7 Å². The van der Waals surface area contributed by atoms with Crippen LogP contribution in [-0.2, 0) is 21.2 Å². The summed E-state index contributed by atoms with van der Waals surface area (Å²) in [6.07, 6.45) is 4.52. The van der Waals surface area contributed by atoms with Gasteiger partial charge in [-0.15, -0.1) is 0 Å². The first-order valence-electron chi connectivity index (χ1n) is 9.02. The van der Waals surface area contributed by atoms with Crippen molar-refractivity contribution in [3.05, 3.63) is 22.2 Å². The van der Waals surface area contributed by atoms with Crippen LogP contribution in [0.25, 0.3) is 0 Å². The Bertz CT molecular complexity index is 820. The highest BCUT2D eigenvalue weighted by atomic mass is 79.9. The molecular weight excluding hydrogens is 404 g/mol. The molecule has 4 rings (SSSR count). The molecule has 0 spiro atoms. The Kier molecular flexibility index (Phi) is 4.45. The fourth-order valence-corrected chi connectivity index (χ4v) is 6.46. The highest BCUT2D eigenvalue weighted by Crippen LogP contribution is 2.42. The average molecular weight is 427 g/mol. The number of hydrogen-bond acceptors (Lipinski definition) is 3. The standard InChI is InChI=1S/C18H23BrN2O3S/c1-12-3-2-7-20(11-12)25(23,24)16-10-15(19)9-14-6-8-21(17(14)16)18(22)13-4-5-13/h9-10,12-13H,2-8,11H2,1H3/t12-/m1/s1. The number of benzene rings is 1. The van der Waals surface area contributed by atoms with E-state index < -0.39 is 10.0 Å². The zero-order chi connectivity index (χ0) is 17.8. The van der Waals surface area contributed by atoms with Crippen LogP contribution in [0.3, 0.4) is 0 Å². The number of anilines is 1. The van der Waals surface area contributed by atoms with Gasteiger partial charge in [-0.2, -0.15) is 4.31 Å². The Morgan fingerprint density at radius 3 is 2.64 bits per heavy atom. The first-order chi connectivity index (χ1) is 11.9. The molecule has 2 heterocycles. The first-order valence-corrected chi connectivity index (χ1v) is 11.2. The topological polar surface area (TPSA) is 57.7 Å². The van der Waals surface area contributed by atoms with Crippen LogP contribution in [0.4, 0.5) is 5.69 Å². The number of sulfonamides is 1. The quantitative estimate of drug-likeness (QED) is 0.745. The van der Waals surface area contributed by atoms with E-state index in [1.54, 1.807) is 15.3 Å². The molecule has 0 radical (unpaired) electrons. The van der Waals surface area contributed by atoms with E-state index in [0.29, 0.717) is 37.7 Å². The Morgan fingerprint density at radius 1 is 1.20 bits per heavy atom. The Morgan fingerprint density at radius 2 is 1.96 bits per heavy atom. The molecule has 1 aromatic rings. The van der Waals surface area contributed by atoms with E-state index >= 15 is 0 Å². The van der Waals surface area contributed by atoms with Gasteiger partial charge in [-0.1, -0.05) is 22.9 Å². The maximum absolute atomic E-state index is 13.4. The molecule has 0 unspecified atom stereocenters. The second-order valence-electron chi connectivity index (χ2n) is 7.54. The molecule has 5 nitrogen and oxygen atoms in total. The Hall–Kier alpha value is -0.920. The highest BCUT2D eigenvalue weighted by molar-refractivity contribution is 9.10. The highest BCUT2D eigenvalue weighted by Gasteiger charge is 2.40. The van der Waals surface area contributed by atoms with Gasteiger partial charge in [0, 0.05) is 30.0 Å². The number of fused-ring (bicyclic) bond motifs is 1. The maximum atomic E-state index is 13.4. The van der Waals surface area contributed by atoms with Gasteiger partial charge in [0.15, 0.2) is 0 Å². The largest absolute Gasteiger partial charge is 0.310 e. The van der Waals surface area contributed by atoms with Crippen LogP contribution < -0.4 is 4.90 Å². The maximum Gasteiger partial charge on any atom is 0.245 e. The zero-order valence-electron chi connectivity index (χ0n) is 14.4. The summed E-state index contributed by atoms with van der Waals surface area (Å²) in [5.41, 5.74) is 1.57. The number of hydrogen-bond donors (Lipinski definition) is 0. The molecule has 2 fully saturated rings. The predicted octanol–water partition coefficient (Wildman–Crippen LogP) is 3.17. The predicted molar refractivity (Wildman–Crippen MR) is 100 cm³/mol. The first kappa shape index (κ1) is 17.5. The van der Waals surface area contributed by atoms with Crippen molar-refractivity contribution < 1.29 is 13.2 Å². The van der Waals surface area contributed by atoms with E-state index in [-0.39, 0.29) is 16.7 Å². The molecule has 1 aromatic carbocycles. The average Bonchev–Trinajstić information content (AvgIpc) is 3.33. The van der Waals surface area contributed by atoms with Crippen LogP contribution in [0.1, 0.15) is 38.2 Å². The number of halogens is 1. The van der Waals surface area contributed by atoms with Crippen molar-refractivity contribution in [2.24, 2.45) is 11.8 Å². The number of nitrogens with zero attached hydrogens (tertiary/aromatic N) is 2. The third kappa shape index (κ3) is 3.15. The lowest BCUT2D eigenvalue weighted by Crippen LogP contribution is -2.40. The summed E-state index contributed by atoms with van der Waals surface area (Å²) >= 11 is 3.46. The van der Waals surface area contributed by atoms with Gasteiger partial charge in [0.25, 0.3) is 0 Å². The number of carbonyl (C=O) groups is 1. The molecule has 7 heteroatoms. The van der Waals surface area contributed by atoms with E-state index in [2.05, 4.69) is 22.9 Å². The number of carbonyl (C=O) groups excluding carboxylic acids is 1. The van der Waals surface area contributed by atoms with Gasteiger partial charge in [0.05, 0.1) is 5.69 Å². The minimum absolute atomic E-state index is 0.0835. The summed E-state index contributed by atoms with van der Waals surface area (Å²) in [5.74, 6) is 0.539. The SMILES string of the molecule is C[C@@H]1CCCN(S(=O)(=O)c2cc(Br)cc3c2N(C(=O)C2CC2)CC3)C1. The van der Waals surface area contributed by atoms with Gasteiger partial charge >= 0.3 is 0 Å². The molecular formula is C18H23BrN2O3S. The van der Waals surface area contributed by atoms with E-state index in [9.17, 15) is 13.2 Å². The number of amides is 1. The van der Waals surface area contributed by atoms with Crippen molar-refractivity contribution in [2.75, 3.05) is 24.5 Å². The van der Waals surface area contributed by atoms with Gasteiger partial charge in [-0.3, -0.25) is 4.79 Å². The van der Waals surface area contributed by atoms with Crippen molar-refractivity contribution >= 4 is 37.5 Å². The second-order valence-corrected chi connectivity index (χ2v) is 10.4. The third-order valence-electron chi connectivity index (χ3n) is 5.42. The molecule has 1 aliphatic carbocycles. The molecule has 136 valence electrons. The number of rotatable bonds is 3. The second kappa shape index (κ2) is 6.35. The van der Waals surface area contributed by atoms with Gasteiger partial charge in [0.1, 0.15) is 4.90 Å². The van der Waals surface area contributed by atoms with Crippen molar-refractivity contribution in [1.29, 1.82) is 0 Å². The van der Waals surface area contributed by atoms with E-state index in [1.165, 1.54) is 0 Å². The molecule has 1 saturated carbocycles. The summed E-state index contributed by atoms with van der Waals surface area (Å²) < 4.78 is 29.1. The lowest BCUT2D eigenvalue weighted by molar-refractivity contribution is -0.119. The molecule has 3 aliphatic rings. The summed E-state index contributed by atoms with van der Waals surface area (Å²) in [7, 11) is -3.60. The van der Waals surface area contributed by atoms with Crippen molar-refractivity contribution in [3.8, 4) is 0 Å². The lowest BCUT2D eigenvalue weighted by Gasteiger charge is -2.31. The van der Waals surface area contributed by atoms with Crippen LogP contribution in [0, 0.1) is 11.8 Å². The number of piperidine rings is 1. The smallest absolute Gasteiger partial charge is 0.245 e. The minimum Gasteiger partial charge on any atom is -0.310 e. The van der Waals surface area contributed by atoms with Crippen molar-refractivity contribution in [2.45, 2.75) is 43.9 Å². The normalized spacial score (nSPS) is 24.4. The summed E-state index contributed by atoms with van der Waals surface area (Å²) in [4.78, 5) is 14.7. The van der Waals surface area contributed by atoms with Crippen LogP contribution >= 0.6 is 15.9 Å². The molecule has 2 aliphatic heterocycles. The minimum atomic E-state index is -3.60. The van der Waals surface area contributed by atoms with Crippen molar-refractivity contribution in [1.82, 2.24) is 4.31 Å². The van der Waals surface area contributed by atoms with E-state index in [1.807, 2.05) is 6.07 Å². The van der Waals surface area contributed by atoms with Crippen LogP contribution in [0.5, 0.6) is 0 Å². The van der Waals surface area contributed by atoms with Crippen LogP contribution in [0.2, 0.25) is 0 Å². The zero-order valence-corrected chi connectivity index (χ0v) is 16.8. The van der Waals surface area contributed by atoms with E-state index in [4.69, 9.17) is 0 Å².